The van der Waals surface area contributed by atoms with Crippen LogP contribution in [0.25, 0.3) is 11.1 Å². The zero-order valence-corrected chi connectivity index (χ0v) is 13.2. The van der Waals surface area contributed by atoms with Crippen LogP contribution < -0.4 is 0 Å². The molecule has 1 aromatic carbocycles. The lowest BCUT2D eigenvalue weighted by Crippen LogP contribution is -2.25. The summed E-state index contributed by atoms with van der Waals surface area (Å²) in [6.07, 6.45) is 0. The minimum Gasteiger partial charge on any atom is -0.456 e. The van der Waals surface area contributed by atoms with Crippen molar-refractivity contribution in [3.63, 3.8) is 0 Å². The maximum atomic E-state index is 12.5. The van der Waals surface area contributed by atoms with Crippen LogP contribution in [0.3, 0.4) is 0 Å². The van der Waals surface area contributed by atoms with Gasteiger partial charge in [0.15, 0.2) is 0 Å². The molecule has 0 aliphatic rings. The first-order valence-electron chi connectivity index (χ1n) is 7.05. The molecule has 2 aromatic rings. The lowest BCUT2D eigenvalue weighted by atomic mass is 9.98. The molecular weight excluding hydrogens is 262 g/mol. The van der Waals surface area contributed by atoms with Gasteiger partial charge in [0.25, 0.3) is 0 Å². The highest BCUT2D eigenvalue weighted by Crippen LogP contribution is 2.28. The quantitative estimate of drug-likeness (QED) is 0.770. The monoisotopic (exact) mass is 283 g/mol. The third-order valence-electron chi connectivity index (χ3n) is 3.02. The van der Waals surface area contributed by atoms with Crippen LogP contribution >= 0.6 is 0 Å². The minimum absolute atomic E-state index is 0.327. The normalized spacial score (nSPS) is 11.3. The topological polar surface area (TPSA) is 39.2 Å². The van der Waals surface area contributed by atoms with Crippen molar-refractivity contribution >= 4 is 5.97 Å². The molecular formula is C18H21NO2. The Labute approximate surface area is 126 Å². The zero-order valence-electron chi connectivity index (χ0n) is 13.2. The lowest BCUT2D eigenvalue weighted by Gasteiger charge is -2.21. The van der Waals surface area contributed by atoms with E-state index in [2.05, 4.69) is 4.98 Å². The first-order chi connectivity index (χ1) is 9.78. The Balaban J connectivity index is 2.57. The first-order valence-corrected chi connectivity index (χ1v) is 7.05. The maximum Gasteiger partial charge on any atom is 0.341 e. The fourth-order valence-electron chi connectivity index (χ4n) is 2.26. The van der Waals surface area contributed by atoms with E-state index in [0.717, 1.165) is 16.8 Å². The molecule has 0 saturated carbocycles. The molecule has 1 aromatic heterocycles. The molecule has 0 atom stereocenters. The molecule has 0 radical (unpaired) electrons. The molecule has 3 heteroatoms. The predicted molar refractivity (Wildman–Crippen MR) is 84.3 cm³/mol. The minimum atomic E-state index is -0.525. The van der Waals surface area contributed by atoms with E-state index in [1.807, 2.05) is 71.0 Å². The van der Waals surface area contributed by atoms with Crippen molar-refractivity contribution in [1.29, 1.82) is 0 Å². The summed E-state index contributed by atoms with van der Waals surface area (Å²) in [6, 6.07) is 11.8. The molecule has 0 unspecified atom stereocenters. The summed E-state index contributed by atoms with van der Waals surface area (Å²) in [6.45, 7) is 9.37. The van der Waals surface area contributed by atoms with Crippen LogP contribution in [0.4, 0.5) is 0 Å². The average Bonchev–Trinajstić information content (AvgIpc) is 2.36. The van der Waals surface area contributed by atoms with Crippen molar-refractivity contribution < 1.29 is 9.53 Å². The van der Waals surface area contributed by atoms with E-state index in [9.17, 15) is 4.79 Å². The van der Waals surface area contributed by atoms with Gasteiger partial charge in [0, 0.05) is 5.69 Å². The number of nitrogens with zero attached hydrogens (tertiary/aromatic N) is 1. The largest absolute Gasteiger partial charge is 0.456 e. The molecule has 0 aliphatic heterocycles. The molecule has 110 valence electrons. The van der Waals surface area contributed by atoms with Gasteiger partial charge in [-0.25, -0.2) is 4.79 Å². The van der Waals surface area contributed by atoms with Crippen LogP contribution in [-0.2, 0) is 4.74 Å². The van der Waals surface area contributed by atoms with E-state index in [1.165, 1.54) is 0 Å². The Morgan fingerprint density at radius 1 is 1.10 bits per heavy atom. The Morgan fingerprint density at radius 2 is 1.71 bits per heavy atom. The average molecular weight is 283 g/mol. The van der Waals surface area contributed by atoms with E-state index in [0.29, 0.717) is 11.3 Å². The van der Waals surface area contributed by atoms with Crippen molar-refractivity contribution in [1.82, 2.24) is 4.98 Å². The Bertz CT molecular complexity index is 655. The molecule has 3 nitrogen and oxygen atoms in total. The number of pyridine rings is 1. The van der Waals surface area contributed by atoms with E-state index in [4.69, 9.17) is 4.74 Å². The van der Waals surface area contributed by atoms with Crippen molar-refractivity contribution in [2.45, 2.75) is 40.2 Å². The zero-order chi connectivity index (χ0) is 15.6. The number of hydrogen-bond donors (Lipinski definition) is 0. The molecule has 2 rings (SSSR count). The highest BCUT2D eigenvalue weighted by atomic mass is 16.6. The number of esters is 1. The summed E-state index contributed by atoms with van der Waals surface area (Å²) in [4.78, 5) is 16.9. The summed E-state index contributed by atoms with van der Waals surface area (Å²) in [5.74, 6) is -0.327. The van der Waals surface area contributed by atoms with Gasteiger partial charge in [-0.1, -0.05) is 30.3 Å². The van der Waals surface area contributed by atoms with Crippen molar-refractivity contribution in [2.75, 3.05) is 0 Å². The molecule has 0 amide bonds. The Morgan fingerprint density at radius 3 is 2.29 bits per heavy atom. The van der Waals surface area contributed by atoms with Gasteiger partial charge in [0.2, 0.25) is 0 Å². The summed E-state index contributed by atoms with van der Waals surface area (Å²) in [7, 11) is 0. The van der Waals surface area contributed by atoms with Crippen LogP contribution in [0, 0.1) is 13.8 Å². The van der Waals surface area contributed by atoms with E-state index in [-0.39, 0.29) is 5.97 Å². The summed E-state index contributed by atoms with van der Waals surface area (Å²) in [5, 5.41) is 0. The van der Waals surface area contributed by atoms with E-state index in [1.54, 1.807) is 0 Å². The molecule has 0 saturated heterocycles. The number of ether oxygens (including phenoxy) is 1. The lowest BCUT2D eigenvalue weighted by molar-refractivity contribution is 0.00692. The fourth-order valence-corrected chi connectivity index (χ4v) is 2.26. The van der Waals surface area contributed by atoms with Crippen molar-refractivity contribution in [3.8, 4) is 11.1 Å². The van der Waals surface area contributed by atoms with Gasteiger partial charge < -0.3 is 4.74 Å². The smallest absolute Gasteiger partial charge is 0.341 e. The molecule has 0 fully saturated rings. The molecule has 1 heterocycles. The van der Waals surface area contributed by atoms with Gasteiger partial charge in [0.05, 0.1) is 11.3 Å². The first kappa shape index (κ1) is 15.2. The maximum absolute atomic E-state index is 12.5. The van der Waals surface area contributed by atoms with Crippen LogP contribution in [0.1, 0.15) is 42.5 Å². The van der Waals surface area contributed by atoms with Gasteiger partial charge in [0.1, 0.15) is 5.60 Å². The summed E-state index contributed by atoms with van der Waals surface area (Å²) >= 11 is 0. The Hall–Kier alpha value is -2.16. The van der Waals surface area contributed by atoms with Gasteiger partial charge in [-0.05, 0) is 51.8 Å². The summed E-state index contributed by atoms with van der Waals surface area (Å²) in [5.41, 5.74) is 3.47. The molecule has 0 bridgehead atoms. The van der Waals surface area contributed by atoms with Gasteiger partial charge >= 0.3 is 5.97 Å². The third-order valence-corrected chi connectivity index (χ3v) is 3.02. The van der Waals surface area contributed by atoms with Crippen LogP contribution in [0.15, 0.2) is 36.4 Å². The predicted octanol–water partition coefficient (Wildman–Crippen LogP) is 4.32. The number of aromatic nitrogens is 1. The molecule has 21 heavy (non-hydrogen) atoms. The molecule has 0 N–H and O–H groups in total. The van der Waals surface area contributed by atoms with E-state index >= 15 is 0 Å². The number of carbonyl (C=O) groups is 1. The third kappa shape index (κ3) is 3.69. The fraction of sp³-hybridized carbons (Fsp3) is 0.333. The number of carbonyl (C=O) groups excluding carboxylic acids is 1. The number of hydrogen-bond acceptors (Lipinski definition) is 3. The van der Waals surface area contributed by atoms with Crippen LogP contribution in [-0.4, -0.2) is 16.6 Å². The number of benzene rings is 1. The van der Waals surface area contributed by atoms with Crippen LogP contribution in [0.5, 0.6) is 0 Å². The number of aryl methyl sites for hydroxylation is 2. The van der Waals surface area contributed by atoms with Crippen molar-refractivity contribution in [3.05, 3.63) is 53.3 Å². The van der Waals surface area contributed by atoms with Gasteiger partial charge in [-0.15, -0.1) is 0 Å². The van der Waals surface area contributed by atoms with E-state index < -0.39 is 5.60 Å². The van der Waals surface area contributed by atoms with Crippen molar-refractivity contribution in [2.24, 2.45) is 0 Å². The Kier molecular flexibility index (Phi) is 4.12. The molecule has 0 aliphatic carbocycles. The van der Waals surface area contributed by atoms with Crippen LogP contribution in [0.2, 0.25) is 0 Å². The second kappa shape index (κ2) is 5.68. The highest BCUT2D eigenvalue weighted by molar-refractivity contribution is 5.98. The second-order valence-electron chi connectivity index (χ2n) is 6.14. The second-order valence-corrected chi connectivity index (χ2v) is 6.14. The SMILES string of the molecule is Cc1cc(-c2ccccc2)c(C(=O)OC(C)(C)C)c(C)n1. The summed E-state index contributed by atoms with van der Waals surface area (Å²) < 4.78 is 5.53. The highest BCUT2D eigenvalue weighted by Gasteiger charge is 2.23. The van der Waals surface area contributed by atoms with Gasteiger partial charge in [-0.2, -0.15) is 0 Å². The standard InChI is InChI=1S/C18H21NO2/c1-12-11-15(14-9-7-6-8-10-14)16(13(2)19-12)17(20)21-18(3,4)5/h6-11H,1-5H3. The number of rotatable bonds is 2. The van der Waals surface area contributed by atoms with Gasteiger partial charge in [-0.3, -0.25) is 4.98 Å². The molecule has 0 spiro atoms.